The van der Waals surface area contributed by atoms with E-state index < -0.39 is 11.8 Å². The molecule has 5 nitrogen and oxygen atoms in total. The Morgan fingerprint density at radius 1 is 1.46 bits per heavy atom. The number of nitrogens with zero attached hydrogens (tertiary/aromatic N) is 2. The van der Waals surface area contributed by atoms with Crippen LogP contribution in [0.25, 0.3) is 0 Å². The normalized spacial score (nSPS) is 11.0. The van der Waals surface area contributed by atoms with E-state index in [9.17, 15) is 4.79 Å². The predicted octanol–water partition coefficient (Wildman–Crippen LogP) is 1.25. The highest BCUT2D eigenvalue weighted by atomic mass is 16.8. The summed E-state index contributed by atoms with van der Waals surface area (Å²) in [6.07, 6.45) is 3.63. The van der Waals surface area contributed by atoms with Gasteiger partial charge in [-0.25, -0.2) is 9.78 Å². The van der Waals surface area contributed by atoms with E-state index >= 15 is 0 Å². The van der Waals surface area contributed by atoms with E-state index in [4.69, 9.17) is 9.57 Å². The maximum absolute atomic E-state index is 11.0. The number of aromatic nitrogens is 2. The van der Waals surface area contributed by atoms with Crippen LogP contribution in [0.15, 0.2) is 18.7 Å². The Hall–Kier alpha value is -1.52. The largest absolute Gasteiger partial charge is 0.534 e. The molecule has 1 heterocycles. The molecular weight excluding hydrogens is 172 g/mol. The molecule has 72 valence electrons. The second-order valence-electron chi connectivity index (χ2n) is 3.48. The number of carbonyl (C=O) groups excluding carboxylic acids is 1. The van der Waals surface area contributed by atoms with Gasteiger partial charge in [0.2, 0.25) is 0 Å². The van der Waals surface area contributed by atoms with Crippen molar-refractivity contribution in [1.82, 2.24) is 9.71 Å². The first-order valence-electron chi connectivity index (χ1n) is 3.87. The van der Waals surface area contributed by atoms with Gasteiger partial charge in [0.05, 0.1) is 6.20 Å². The van der Waals surface area contributed by atoms with E-state index in [1.54, 1.807) is 20.8 Å². The summed E-state index contributed by atoms with van der Waals surface area (Å²) in [7, 11) is 0. The van der Waals surface area contributed by atoms with Crippen LogP contribution in [0.3, 0.4) is 0 Å². The SMILES string of the molecule is CC(C)(C)OC(=O)On1ccnc1. The van der Waals surface area contributed by atoms with Gasteiger partial charge in [0.25, 0.3) is 0 Å². The molecule has 0 N–H and O–H groups in total. The van der Waals surface area contributed by atoms with Crippen LogP contribution >= 0.6 is 0 Å². The predicted molar refractivity (Wildman–Crippen MR) is 45.0 cm³/mol. The Balaban J connectivity index is 2.43. The first-order chi connectivity index (χ1) is 5.97. The van der Waals surface area contributed by atoms with Gasteiger partial charge in [-0.15, -0.1) is 0 Å². The van der Waals surface area contributed by atoms with Gasteiger partial charge in [0.1, 0.15) is 11.9 Å². The highest BCUT2D eigenvalue weighted by Gasteiger charge is 2.17. The maximum atomic E-state index is 11.0. The van der Waals surface area contributed by atoms with Crippen LogP contribution in [0.2, 0.25) is 0 Å². The lowest BCUT2D eigenvalue weighted by Gasteiger charge is -2.18. The lowest BCUT2D eigenvalue weighted by atomic mass is 10.2. The fourth-order valence-corrected chi connectivity index (χ4v) is 0.656. The number of carbonyl (C=O) groups is 1. The number of hydrogen-bond acceptors (Lipinski definition) is 4. The van der Waals surface area contributed by atoms with Crippen molar-refractivity contribution in [3.05, 3.63) is 18.7 Å². The topological polar surface area (TPSA) is 53.4 Å². The van der Waals surface area contributed by atoms with Gasteiger partial charge in [-0.2, -0.15) is 4.73 Å². The van der Waals surface area contributed by atoms with Crippen LogP contribution in [-0.2, 0) is 4.74 Å². The van der Waals surface area contributed by atoms with E-state index in [0.29, 0.717) is 0 Å². The molecule has 0 saturated carbocycles. The Bertz CT molecular complexity index is 274. The number of rotatable bonds is 1. The average molecular weight is 184 g/mol. The molecular formula is C8H12N2O3. The van der Waals surface area contributed by atoms with Gasteiger partial charge in [0, 0.05) is 6.20 Å². The summed E-state index contributed by atoms with van der Waals surface area (Å²) >= 11 is 0. The molecule has 0 unspecified atom stereocenters. The Labute approximate surface area is 76.2 Å². The lowest BCUT2D eigenvalue weighted by molar-refractivity contribution is -0.0109. The van der Waals surface area contributed by atoms with Crippen molar-refractivity contribution in [2.24, 2.45) is 0 Å². The van der Waals surface area contributed by atoms with Gasteiger partial charge in [0.15, 0.2) is 0 Å². The van der Waals surface area contributed by atoms with Gasteiger partial charge < -0.3 is 9.57 Å². The summed E-state index contributed by atoms with van der Waals surface area (Å²) in [5.74, 6) is 0. The lowest BCUT2D eigenvalue weighted by Crippen LogP contribution is -2.29. The van der Waals surface area contributed by atoms with E-state index in [1.165, 1.54) is 23.5 Å². The fraction of sp³-hybridized carbons (Fsp3) is 0.500. The van der Waals surface area contributed by atoms with Crippen molar-refractivity contribution in [2.45, 2.75) is 26.4 Å². The Kier molecular flexibility index (Phi) is 2.55. The van der Waals surface area contributed by atoms with E-state index in [2.05, 4.69) is 4.98 Å². The molecule has 0 aliphatic heterocycles. The fourth-order valence-electron chi connectivity index (χ4n) is 0.656. The Morgan fingerprint density at radius 3 is 2.62 bits per heavy atom. The van der Waals surface area contributed by atoms with Gasteiger partial charge in [-0.1, -0.05) is 0 Å². The van der Waals surface area contributed by atoms with Crippen LogP contribution in [0, 0.1) is 0 Å². The van der Waals surface area contributed by atoms with Crippen molar-refractivity contribution in [1.29, 1.82) is 0 Å². The van der Waals surface area contributed by atoms with Crippen LogP contribution < -0.4 is 4.84 Å². The summed E-state index contributed by atoms with van der Waals surface area (Å²) in [5.41, 5.74) is -0.544. The first-order valence-corrected chi connectivity index (χ1v) is 3.87. The quantitative estimate of drug-likeness (QED) is 0.616. The smallest absolute Gasteiger partial charge is 0.427 e. The van der Waals surface area contributed by atoms with Crippen molar-refractivity contribution in [3.8, 4) is 0 Å². The standard InChI is InChI=1S/C8H12N2O3/c1-8(2,3)12-7(11)13-10-5-4-9-6-10/h4-6H,1-3H3. The maximum Gasteiger partial charge on any atom is 0.534 e. The molecule has 0 amide bonds. The summed E-state index contributed by atoms with van der Waals surface area (Å²) in [5, 5.41) is 0. The molecule has 1 aromatic heterocycles. The van der Waals surface area contributed by atoms with Crippen LogP contribution in [-0.4, -0.2) is 21.5 Å². The molecule has 0 aliphatic rings. The first kappa shape index (κ1) is 9.57. The molecule has 0 bridgehead atoms. The van der Waals surface area contributed by atoms with Gasteiger partial charge >= 0.3 is 6.16 Å². The molecule has 1 rings (SSSR count). The van der Waals surface area contributed by atoms with E-state index in [0.717, 1.165) is 0 Å². The second kappa shape index (κ2) is 3.47. The second-order valence-corrected chi connectivity index (χ2v) is 3.48. The molecule has 0 spiro atoms. The highest BCUT2D eigenvalue weighted by molar-refractivity contribution is 5.60. The van der Waals surface area contributed by atoms with E-state index in [-0.39, 0.29) is 0 Å². The number of imidazole rings is 1. The molecule has 1 aromatic rings. The summed E-state index contributed by atoms with van der Waals surface area (Å²) < 4.78 is 6.08. The van der Waals surface area contributed by atoms with Crippen molar-refractivity contribution >= 4 is 6.16 Å². The third-order valence-electron chi connectivity index (χ3n) is 1.05. The summed E-state index contributed by atoms with van der Waals surface area (Å²) in [6, 6.07) is 0. The minimum Gasteiger partial charge on any atom is -0.427 e. The zero-order valence-electron chi connectivity index (χ0n) is 7.85. The molecule has 0 saturated heterocycles. The van der Waals surface area contributed by atoms with Gasteiger partial charge in [-0.3, -0.25) is 0 Å². The molecule has 0 atom stereocenters. The van der Waals surface area contributed by atoms with Crippen LogP contribution in [0.1, 0.15) is 20.8 Å². The van der Waals surface area contributed by atoms with Crippen molar-refractivity contribution in [3.63, 3.8) is 0 Å². The summed E-state index contributed by atoms with van der Waals surface area (Å²) in [6.45, 7) is 5.30. The third kappa shape index (κ3) is 3.59. The average Bonchev–Trinajstić information content (AvgIpc) is 2.34. The molecule has 0 aromatic carbocycles. The minimum atomic E-state index is -0.745. The molecule has 13 heavy (non-hydrogen) atoms. The minimum absolute atomic E-state index is 0.544. The van der Waals surface area contributed by atoms with Crippen LogP contribution in [0.5, 0.6) is 0 Å². The zero-order chi connectivity index (χ0) is 9.90. The van der Waals surface area contributed by atoms with Crippen molar-refractivity contribution < 1.29 is 14.4 Å². The number of ether oxygens (including phenoxy) is 1. The van der Waals surface area contributed by atoms with Crippen LogP contribution in [0.4, 0.5) is 4.79 Å². The highest BCUT2D eigenvalue weighted by Crippen LogP contribution is 2.06. The third-order valence-corrected chi connectivity index (χ3v) is 1.05. The molecule has 0 fully saturated rings. The Morgan fingerprint density at radius 2 is 2.15 bits per heavy atom. The summed E-state index contributed by atoms with van der Waals surface area (Å²) in [4.78, 5) is 19.5. The van der Waals surface area contributed by atoms with Gasteiger partial charge in [-0.05, 0) is 20.8 Å². The van der Waals surface area contributed by atoms with Crippen molar-refractivity contribution in [2.75, 3.05) is 0 Å². The monoisotopic (exact) mass is 184 g/mol. The van der Waals surface area contributed by atoms with E-state index in [1.807, 2.05) is 0 Å². The molecule has 0 radical (unpaired) electrons. The zero-order valence-corrected chi connectivity index (χ0v) is 7.85. The molecule has 5 heteroatoms. The number of hydrogen-bond donors (Lipinski definition) is 0. The molecule has 0 aliphatic carbocycles.